The number of hydrogen-bond donors (Lipinski definition) is 1. The third-order valence-electron chi connectivity index (χ3n) is 5.04. The summed E-state index contributed by atoms with van der Waals surface area (Å²) < 4.78 is 72.1. The Morgan fingerprint density at radius 2 is 1.77 bits per heavy atom. The van der Waals surface area contributed by atoms with E-state index >= 15 is 0 Å². The minimum absolute atomic E-state index is 0.0385. The summed E-state index contributed by atoms with van der Waals surface area (Å²) in [7, 11) is -2.69. The molecule has 0 aliphatic heterocycles. The van der Waals surface area contributed by atoms with Crippen LogP contribution in [0.15, 0.2) is 90.3 Å². The fourth-order valence-electron chi connectivity index (χ4n) is 3.35. The zero-order valence-corrected chi connectivity index (χ0v) is 19.6. The number of methoxy groups -OCH3 is 1. The molecule has 0 bridgehead atoms. The largest absolute Gasteiger partial charge is 0.495 e. The first-order valence-corrected chi connectivity index (χ1v) is 11.8. The number of anilines is 1. The van der Waals surface area contributed by atoms with Gasteiger partial charge in [-0.25, -0.2) is 8.42 Å². The third kappa shape index (κ3) is 6.02. The molecule has 1 amide bonds. The fourth-order valence-corrected chi connectivity index (χ4v) is 4.84. The molecule has 0 radical (unpaired) electrons. The van der Waals surface area contributed by atoms with Crippen LogP contribution in [-0.4, -0.2) is 28.0 Å². The van der Waals surface area contributed by atoms with E-state index < -0.39 is 27.7 Å². The monoisotopic (exact) mass is 504 g/mol. The van der Waals surface area contributed by atoms with E-state index in [4.69, 9.17) is 4.74 Å². The molecule has 6 nitrogen and oxygen atoms in total. The number of amides is 1. The normalized spacial score (nSPS) is 11.5. The molecule has 0 aliphatic carbocycles. The number of rotatable bonds is 9. The molecule has 0 heterocycles. The first-order valence-electron chi connectivity index (χ1n) is 10.4. The van der Waals surface area contributed by atoms with Gasteiger partial charge in [0.1, 0.15) is 5.75 Å². The molecule has 35 heavy (non-hydrogen) atoms. The molecule has 0 spiro atoms. The molecule has 0 aliphatic rings. The van der Waals surface area contributed by atoms with E-state index in [-0.39, 0.29) is 29.1 Å². The second-order valence-corrected chi connectivity index (χ2v) is 9.27. The molecular weight excluding hydrogens is 481 g/mol. The fraction of sp³-hybridized carbons (Fsp3) is 0.160. The minimum Gasteiger partial charge on any atom is -0.495 e. The van der Waals surface area contributed by atoms with Gasteiger partial charge in [-0.15, -0.1) is 6.58 Å². The van der Waals surface area contributed by atoms with Crippen LogP contribution in [0.5, 0.6) is 5.75 Å². The van der Waals surface area contributed by atoms with Crippen LogP contribution >= 0.6 is 0 Å². The van der Waals surface area contributed by atoms with E-state index in [1.807, 2.05) is 0 Å². The number of alkyl halides is 3. The number of benzene rings is 3. The van der Waals surface area contributed by atoms with Gasteiger partial charge in [-0.1, -0.05) is 36.4 Å². The Kier molecular flexibility index (Phi) is 7.85. The SMILES string of the molecule is C=CCN(c1ccccc1OC)S(=O)(=O)c1cccc(C(=O)NCc2cccc(C(F)(F)F)c2)c1. The van der Waals surface area contributed by atoms with E-state index in [9.17, 15) is 26.4 Å². The number of ether oxygens (including phenoxy) is 1. The highest BCUT2D eigenvalue weighted by Gasteiger charge is 2.30. The van der Waals surface area contributed by atoms with Crippen molar-refractivity contribution in [1.29, 1.82) is 0 Å². The Morgan fingerprint density at radius 3 is 2.46 bits per heavy atom. The zero-order valence-electron chi connectivity index (χ0n) is 18.7. The lowest BCUT2D eigenvalue weighted by Crippen LogP contribution is -2.32. The first-order chi connectivity index (χ1) is 16.6. The van der Waals surface area contributed by atoms with E-state index in [0.29, 0.717) is 11.4 Å². The number of hydrogen-bond acceptors (Lipinski definition) is 4. The maximum Gasteiger partial charge on any atom is 0.416 e. The number of halogens is 3. The number of carbonyl (C=O) groups excluding carboxylic acids is 1. The number of nitrogens with one attached hydrogen (secondary N) is 1. The summed E-state index contributed by atoms with van der Waals surface area (Å²) in [4.78, 5) is 12.5. The van der Waals surface area contributed by atoms with Gasteiger partial charge >= 0.3 is 6.18 Å². The molecule has 10 heteroatoms. The minimum atomic E-state index is -4.50. The van der Waals surface area contributed by atoms with Crippen LogP contribution in [0.2, 0.25) is 0 Å². The van der Waals surface area contributed by atoms with Gasteiger partial charge in [-0.3, -0.25) is 9.10 Å². The predicted octanol–water partition coefficient (Wildman–Crippen LogP) is 5.03. The smallest absolute Gasteiger partial charge is 0.416 e. The number of sulfonamides is 1. The second kappa shape index (κ2) is 10.6. The number of para-hydroxylation sites is 2. The third-order valence-corrected chi connectivity index (χ3v) is 6.82. The molecule has 0 saturated heterocycles. The summed E-state index contributed by atoms with van der Waals surface area (Å²) in [5.74, 6) is -0.292. The van der Waals surface area contributed by atoms with Crippen molar-refractivity contribution >= 4 is 21.6 Å². The molecule has 0 saturated carbocycles. The summed E-state index contributed by atoms with van der Waals surface area (Å²) in [6.07, 6.45) is -3.07. The lowest BCUT2D eigenvalue weighted by molar-refractivity contribution is -0.137. The van der Waals surface area contributed by atoms with Gasteiger partial charge in [0.05, 0.1) is 29.8 Å². The van der Waals surface area contributed by atoms with Crippen molar-refractivity contribution < 1.29 is 31.1 Å². The Balaban J connectivity index is 1.85. The average Bonchev–Trinajstić information content (AvgIpc) is 2.85. The lowest BCUT2D eigenvalue weighted by Gasteiger charge is -2.25. The van der Waals surface area contributed by atoms with Crippen LogP contribution in [0.3, 0.4) is 0 Å². The molecule has 3 aromatic rings. The first kappa shape index (κ1) is 25.8. The van der Waals surface area contributed by atoms with Crippen molar-refractivity contribution in [3.63, 3.8) is 0 Å². The van der Waals surface area contributed by atoms with E-state index in [2.05, 4.69) is 11.9 Å². The molecule has 3 aromatic carbocycles. The van der Waals surface area contributed by atoms with Crippen LogP contribution in [-0.2, 0) is 22.7 Å². The van der Waals surface area contributed by atoms with Gasteiger partial charge in [0.25, 0.3) is 15.9 Å². The summed E-state index contributed by atoms with van der Waals surface area (Å²) in [5, 5.41) is 2.53. The number of carbonyl (C=O) groups is 1. The summed E-state index contributed by atoms with van der Waals surface area (Å²) in [5.41, 5.74) is -0.229. The van der Waals surface area contributed by atoms with Gasteiger partial charge in [-0.05, 0) is 48.0 Å². The average molecular weight is 505 g/mol. The zero-order chi connectivity index (χ0) is 25.6. The van der Waals surface area contributed by atoms with Crippen LogP contribution < -0.4 is 14.4 Å². The molecule has 0 unspecified atom stereocenters. The molecule has 1 N–H and O–H groups in total. The standard InChI is InChI=1S/C25H23F3N2O4S/c1-3-14-30(22-12-4-5-13-23(22)34-2)35(32,33)21-11-7-9-19(16-21)24(31)29-17-18-8-6-10-20(15-18)25(26,27)28/h3-13,15-16H,1,14,17H2,2H3,(H,29,31). The van der Waals surface area contributed by atoms with Crippen LogP contribution in [0.4, 0.5) is 18.9 Å². The quantitative estimate of drug-likeness (QED) is 0.415. The van der Waals surface area contributed by atoms with Gasteiger partial charge in [0, 0.05) is 12.1 Å². The Bertz CT molecular complexity index is 1320. The molecular formula is C25H23F3N2O4S. The Labute approximate surface area is 201 Å². The van der Waals surface area contributed by atoms with Crippen molar-refractivity contribution in [3.8, 4) is 5.75 Å². The Morgan fingerprint density at radius 1 is 1.06 bits per heavy atom. The van der Waals surface area contributed by atoms with Crippen molar-refractivity contribution in [2.45, 2.75) is 17.6 Å². The summed E-state index contributed by atoms with van der Waals surface area (Å²) >= 11 is 0. The van der Waals surface area contributed by atoms with Gasteiger partial charge in [0.2, 0.25) is 0 Å². The predicted molar refractivity (Wildman–Crippen MR) is 127 cm³/mol. The highest BCUT2D eigenvalue weighted by atomic mass is 32.2. The van der Waals surface area contributed by atoms with Crippen LogP contribution in [0.1, 0.15) is 21.5 Å². The second-order valence-electron chi connectivity index (χ2n) is 7.41. The molecule has 0 atom stereocenters. The Hall–Kier alpha value is -3.79. The molecule has 0 fully saturated rings. The van der Waals surface area contributed by atoms with Crippen LogP contribution in [0, 0.1) is 0 Å². The maximum absolute atomic E-state index is 13.5. The highest BCUT2D eigenvalue weighted by molar-refractivity contribution is 7.92. The van der Waals surface area contributed by atoms with Crippen molar-refractivity contribution in [2.75, 3.05) is 18.0 Å². The van der Waals surface area contributed by atoms with E-state index in [0.717, 1.165) is 16.4 Å². The van der Waals surface area contributed by atoms with Gasteiger partial charge < -0.3 is 10.1 Å². The molecule has 184 valence electrons. The highest BCUT2D eigenvalue weighted by Crippen LogP contribution is 2.32. The topological polar surface area (TPSA) is 75.7 Å². The maximum atomic E-state index is 13.5. The summed E-state index contributed by atoms with van der Waals surface area (Å²) in [6, 6.07) is 16.6. The van der Waals surface area contributed by atoms with Crippen molar-refractivity contribution in [3.05, 3.63) is 102 Å². The number of nitrogens with zero attached hydrogens (tertiary/aromatic N) is 1. The van der Waals surface area contributed by atoms with Crippen LogP contribution in [0.25, 0.3) is 0 Å². The summed E-state index contributed by atoms with van der Waals surface area (Å²) in [6.45, 7) is 3.42. The van der Waals surface area contributed by atoms with Gasteiger partial charge in [-0.2, -0.15) is 13.2 Å². The van der Waals surface area contributed by atoms with E-state index in [1.165, 1.54) is 49.6 Å². The molecule has 0 aromatic heterocycles. The lowest BCUT2D eigenvalue weighted by atomic mass is 10.1. The van der Waals surface area contributed by atoms with Crippen molar-refractivity contribution in [1.82, 2.24) is 5.32 Å². The van der Waals surface area contributed by atoms with E-state index in [1.54, 1.807) is 24.3 Å². The van der Waals surface area contributed by atoms with Crippen molar-refractivity contribution in [2.24, 2.45) is 0 Å². The van der Waals surface area contributed by atoms with Gasteiger partial charge in [0.15, 0.2) is 0 Å². The molecule has 3 rings (SSSR count).